The Morgan fingerprint density at radius 3 is 2.67 bits per heavy atom. The van der Waals surface area contributed by atoms with Crippen molar-refractivity contribution in [3.8, 4) is 0 Å². The van der Waals surface area contributed by atoms with E-state index in [4.69, 9.17) is 11.6 Å². The quantitative estimate of drug-likeness (QED) is 0.682. The van der Waals surface area contributed by atoms with Gasteiger partial charge in [0.05, 0.1) is 0 Å². The smallest absolute Gasteiger partial charge is 0.119 e. The van der Waals surface area contributed by atoms with Crippen molar-refractivity contribution in [2.45, 2.75) is 25.9 Å². The van der Waals surface area contributed by atoms with Crippen molar-refractivity contribution in [1.29, 1.82) is 0 Å². The van der Waals surface area contributed by atoms with E-state index in [1.165, 1.54) is 0 Å². The largest absolute Gasteiger partial charge is 0.228 e. The zero-order valence-corrected chi connectivity index (χ0v) is 7.84. The molecule has 0 saturated heterocycles. The number of hydrogen-bond donors (Lipinski definition) is 0. The molecule has 0 fully saturated rings. The van der Waals surface area contributed by atoms with Crippen LogP contribution in [0.25, 0.3) is 0 Å². The predicted molar refractivity (Wildman–Crippen MR) is 49.8 cm³/mol. The number of halogens is 1. The topological polar surface area (TPSA) is 19.9 Å². The van der Waals surface area contributed by atoms with Crippen LogP contribution in [0.5, 0.6) is 0 Å². The Balaban J connectivity index is 2.79. The SMILES string of the molecule is CCCC([O])c1ccccc1Cl. The molecule has 65 valence electrons. The highest BCUT2D eigenvalue weighted by atomic mass is 35.5. The molecule has 0 spiro atoms. The average molecular weight is 184 g/mol. The Bertz CT molecular complexity index is 247. The Kier molecular flexibility index (Phi) is 3.57. The molecule has 0 aliphatic rings. The van der Waals surface area contributed by atoms with Crippen molar-refractivity contribution in [3.05, 3.63) is 34.9 Å². The minimum Gasteiger partial charge on any atom is -0.228 e. The first-order valence-electron chi connectivity index (χ1n) is 4.16. The Morgan fingerprint density at radius 2 is 2.08 bits per heavy atom. The van der Waals surface area contributed by atoms with Crippen molar-refractivity contribution < 1.29 is 5.11 Å². The molecule has 1 unspecified atom stereocenters. The van der Waals surface area contributed by atoms with Gasteiger partial charge in [0, 0.05) is 10.6 Å². The van der Waals surface area contributed by atoms with Gasteiger partial charge in [-0.05, 0) is 12.5 Å². The van der Waals surface area contributed by atoms with Crippen molar-refractivity contribution >= 4 is 11.6 Å². The first-order chi connectivity index (χ1) is 5.75. The number of rotatable bonds is 3. The van der Waals surface area contributed by atoms with E-state index in [2.05, 4.69) is 0 Å². The highest BCUT2D eigenvalue weighted by Crippen LogP contribution is 2.25. The third-order valence-corrected chi connectivity index (χ3v) is 2.15. The Labute approximate surface area is 78.0 Å². The summed E-state index contributed by atoms with van der Waals surface area (Å²) in [6.45, 7) is 2.00. The van der Waals surface area contributed by atoms with Crippen molar-refractivity contribution in [3.63, 3.8) is 0 Å². The fourth-order valence-corrected chi connectivity index (χ4v) is 1.41. The maximum Gasteiger partial charge on any atom is 0.119 e. The van der Waals surface area contributed by atoms with Gasteiger partial charge in [-0.15, -0.1) is 0 Å². The summed E-state index contributed by atoms with van der Waals surface area (Å²) in [5.41, 5.74) is 0.723. The Hall–Kier alpha value is -0.530. The molecule has 0 saturated carbocycles. The lowest BCUT2D eigenvalue weighted by Gasteiger charge is -2.08. The van der Waals surface area contributed by atoms with Crippen LogP contribution >= 0.6 is 11.6 Å². The molecule has 1 nitrogen and oxygen atoms in total. The van der Waals surface area contributed by atoms with Crippen molar-refractivity contribution in [2.24, 2.45) is 0 Å². The van der Waals surface area contributed by atoms with Crippen LogP contribution in [0.2, 0.25) is 5.02 Å². The third kappa shape index (κ3) is 2.23. The van der Waals surface area contributed by atoms with E-state index in [9.17, 15) is 5.11 Å². The minimum atomic E-state index is -0.663. The molecule has 0 amide bonds. The second-order valence-corrected chi connectivity index (χ2v) is 3.21. The van der Waals surface area contributed by atoms with E-state index in [1.807, 2.05) is 19.1 Å². The standard InChI is InChI=1S/C10H12ClO/c1-2-5-10(12)8-6-3-4-7-9(8)11/h3-4,6-7,10H,2,5H2,1H3. The molecule has 0 aliphatic heterocycles. The van der Waals surface area contributed by atoms with Crippen molar-refractivity contribution in [1.82, 2.24) is 0 Å². The second kappa shape index (κ2) is 4.48. The molecule has 12 heavy (non-hydrogen) atoms. The molecule has 1 radical (unpaired) electrons. The molecule has 1 aromatic rings. The van der Waals surface area contributed by atoms with Gasteiger partial charge < -0.3 is 0 Å². The third-order valence-electron chi connectivity index (χ3n) is 1.80. The normalized spacial score (nSPS) is 12.9. The minimum absolute atomic E-state index is 0.589. The van der Waals surface area contributed by atoms with E-state index >= 15 is 0 Å². The fourth-order valence-electron chi connectivity index (χ4n) is 1.15. The number of hydrogen-bond acceptors (Lipinski definition) is 0. The molecular formula is C10H12ClO. The van der Waals surface area contributed by atoms with E-state index in [0.717, 1.165) is 12.0 Å². The number of benzene rings is 1. The Morgan fingerprint density at radius 1 is 1.42 bits per heavy atom. The lowest BCUT2D eigenvalue weighted by Crippen LogP contribution is -1.95. The van der Waals surface area contributed by atoms with Crippen LogP contribution in [-0.4, -0.2) is 0 Å². The predicted octanol–water partition coefficient (Wildman–Crippen LogP) is 3.61. The lowest BCUT2D eigenvalue weighted by molar-refractivity contribution is 0.0806. The molecular weight excluding hydrogens is 172 g/mol. The molecule has 0 aromatic heterocycles. The van der Waals surface area contributed by atoms with Gasteiger partial charge in [0.2, 0.25) is 0 Å². The van der Waals surface area contributed by atoms with E-state index in [-0.39, 0.29) is 0 Å². The van der Waals surface area contributed by atoms with Crippen LogP contribution < -0.4 is 0 Å². The van der Waals surface area contributed by atoms with Gasteiger partial charge in [-0.2, -0.15) is 0 Å². The van der Waals surface area contributed by atoms with Gasteiger partial charge >= 0.3 is 0 Å². The molecule has 0 heterocycles. The van der Waals surface area contributed by atoms with Crippen LogP contribution in [0.3, 0.4) is 0 Å². The summed E-state index contributed by atoms with van der Waals surface area (Å²) in [5.74, 6) is 0. The monoisotopic (exact) mass is 183 g/mol. The molecule has 1 rings (SSSR count). The van der Waals surface area contributed by atoms with Crippen LogP contribution in [-0.2, 0) is 5.11 Å². The van der Waals surface area contributed by atoms with E-state index in [1.54, 1.807) is 12.1 Å². The molecule has 1 atom stereocenters. The van der Waals surface area contributed by atoms with Gasteiger partial charge in [0.1, 0.15) is 6.10 Å². The zero-order chi connectivity index (χ0) is 8.97. The van der Waals surface area contributed by atoms with Crippen LogP contribution in [0.15, 0.2) is 24.3 Å². The van der Waals surface area contributed by atoms with Gasteiger partial charge in [0.15, 0.2) is 0 Å². The van der Waals surface area contributed by atoms with Crippen molar-refractivity contribution in [2.75, 3.05) is 0 Å². The molecule has 2 heteroatoms. The maximum absolute atomic E-state index is 11.5. The average Bonchev–Trinajstić information content (AvgIpc) is 2.05. The summed E-state index contributed by atoms with van der Waals surface area (Å²) in [6.07, 6.45) is 0.895. The summed E-state index contributed by atoms with van der Waals surface area (Å²) in [5, 5.41) is 12.1. The first kappa shape index (κ1) is 9.56. The van der Waals surface area contributed by atoms with Crippen LogP contribution in [0.1, 0.15) is 31.4 Å². The summed E-state index contributed by atoms with van der Waals surface area (Å²) in [4.78, 5) is 0. The highest BCUT2D eigenvalue weighted by Gasteiger charge is 2.10. The van der Waals surface area contributed by atoms with Crippen LogP contribution in [0, 0.1) is 0 Å². The summed E-state index contributed by atoms with van der Waals surface area (Å²) >= 11 is 5.85. The fraction of sp³-hybridized carbons (Fsp3) is 0.400. The molecule has 0 bridgehead atoms. The maximum atomic E-state index is 11.5. The van der Waals surface area contributed by atoms with E-state index in [0.29, 0.717) is 11.4 Å². The molecule has 0 N–H and O–H groups in total. The summed E-state index contributed by atoms with van der Waals surface area (Å²) in [6, 6.07) is 7.25. The lowest BCUT2D eigenvalue weighted by atomic mass is 10.1. The highest BCUT2D eigenvalue weighted by molar-refractivity contribution is 6.31. The molecule has 1 aromatic carbocycles. The summed E-state index contributed by atoms with van der Waals surface area (Å²) in [7, 11) is 0. The van der Waals surface area contributed by atoms with Gasteiger partial charge in [0.25, 0.3) is 0 Å². The zero-order valence-electron chi connectivity index (χ0n) is 7.09. The second-order valence-electron chi connectivity index (χ2n) is 2.80. The van der Waals surface area contributed by atoms with Gasteiger partial charge in [-0.1, -0.05) is 43.1 Å². The van der Waals surface area contributed by atoms with Gasteiger partial charge in [-0.25, -0.2) is 5.11 Å². The summed E-state index contributed by atoms with van der Waals surface area (Å²) < 4.78 is 0. The van der Waals surface area contributed by atoms with E-state index < -0.39 is 6.10 Å². The van der Waals surface area contributed by atoms with Crippen LogP contribution in [0.4, 0.5) is 0 Å². The van der Waals surface area contributed by atoms with Gasteiger partial charge in [-0.3, -0.25) is 0 Å². The molecule has 0 aliphatic carbocycles. The first-order valence-corrected chi connectivity index (χ1v) is 4.53.